The Bertz CT molecular complexity index is 753. The summed E-state index contributed by atoms with van der Waals surface area (Å²) in [6.45, 7) is 0.952. The molecule has 0 unspecified atom stereocenters. The second kappa shape index (κ2) is 5.69. The lowest BCUT2D eigenvalue weighted by Gasteiger charge is -2.14. The van der Waals surface area contributed by atoms with Crippen molar-refractivity contribution in [1.29, 1.82) is 0 Å². The van der Waals surface area contributed by atoms with Crippen molar-refractivity contribution >= 4 is 5.97 Å². The summed E-state index contributed by atoms with van der Waals surface area (Å²) < 4.78 is 45.5. The maximum absolute atomic E-state index is 13.2. The number of alkyl halides is 3. The van der Waals surface area contributed by atoms with Crippen LogP contribution in [0, 0.1) is 0 Å². The molecule has 2 aromatic rings. The number of rotatable bonds is 2. The number of nitrogens with zero attached hydrogens (tertiary/aromatic N) is 2. The van der Waals surface area contributed by atoms with Crippen LogP contribution in [0.2, 0.25) is 0 Å². The molecule has 1 aliphatic heterocycles. The zero-order valence-corrected chi connectivity index (χ0v) is 12.4. The standard InChI is InChI=1S/C15H14F3N3O2/c1-23-14(22)9-3-2-4-10(7-9)21-12-5-6-19-8-11(12)13(20-21)15(16,17)18/h2-4,7,19H,5-6,8H2,1H3/p+1. The van der Waals surface area contributed by atoms with E-state index in [0.717, 1.165) is 0 Å². The van der Waals surface area contributed by atoms with E-state index in [-0.39, 0.29) is 17.7 Å². The third kappa shape index (κ3) is 2.81. The van der Waals surface area contributed by atoms with Crippen LogP contribution in [0.3, 0.4) is 0 Å². The summed E-state index contributed by atoms with van der Waals surface area (Å²) in [6.07, 6.45) is -4.01. The first-order chi connectivity index (χ1) is 10.9. The zero-order chi connectivity index (χ0) is 16.6. The van der Waals surface area contributed by atoms with Gasteiger partial charge in [-0.05, 0) is 18.2 Å². The number of methoxy groups -OCH3 is 1. The normalized spacial score (nSPS) is 14.4. The number of nitrogens with two attached hydrogens (primary N) is 1. The molecule has 3 rings (SSSR count). The highest BCUT2D eigenvalue weighted by atomic mass is 19.4. The van der Waals surface area contributed by atoms with Gasteiger partial charge in [0.25, 0.3) is 0 Å². The van der Waals surface area contributed by atoms with E-state index in [1.165, 1.54) is 17.9 Å². The van der Waals surface area contributed by atoms with E-state index in [9.17, 15) is 18.0 Å². The van der Waals surface area contributed by atoms with E-state index in [1.54, 1.807) is 18.2 Å². The fourth-order valence-electron chi connectivity index (χ4n) is 2.77. The Hall–Kier alpha value is -2.35. The van der Waals surface area contributed by atoms with Crippen LogP contribution >= 0.6 is 0 Å². The first kappa shape index (κ1) is 15.5. The number of aromatic nitrogens is 2. The molecular formula is C15H15F3N3O2+. The van der Waals surface area contributed by atoms with E-state index in [2.05, 4.69) is 9.84 Å². The van der Waals surface area contributed by atoms with E-state index >= 15 is 0 Å². The van der Waals surface area contributed by atoms with Crippen molar-refractivity contribution in [3.05, 3.63) is 46.8 Å². The summed E-state index contributed by atoms with van der Waals surface area (Å²) in [6, 6.07) is 6.25. The Kier molecular flexibility index (Phi) is 3.85. The van der Waals surface area contributed by atoms with Gasteiger partial charge in [-0.15, -0.1) is 0 Å². The Morgan fingerprint density at radius 3 is 2.87 bits per heavy atom. The van der Waals surface area contributed by atoms with Gasteiger partial charge < -0.3 is 10.1 Å². The lowest BCUT2D eigenvalue weighted by molar-refractivity contribution is -0.673. The minimum Gasteiger partial charge on any atom is -0.465 e. The third-order valence-corrected chi connectivity index (χ3v) is 3.80. The minimum atomic E-state index is -4.50. The SMILES string of the molecule is COC(=O)c1cccc(-n2nc(C(F)(F)F)c3c2CC[NH2+]C3)c1. The summed E-state index contributed by atoms with van der Waals surface area (Å²) in [5.74, 6) is -0.544. The Labute approximate surface area is 130 Å². The molecule has 1 aliphatic rings. The fourth-order valence-corrected chi connectivity index (χ4v) is 2.77. The second-order valence-electron chi connectivity index (χ2n) is 5.26. The number of esters is 1. The number of carbonyl (C=O) groups is 1. The Balaban J connectivity index is 2.14. The molecule has 2 N–H and O–H groups in total. The summed E-state index contributed by atoms with van der Waals surface area (Å²) in [4.78, 5) is 11.6. The zero-order valence-electron chi connectivity index (χ0n) is 12.4. The third-order valence-electron chi connectivity index (χ3n) is 3.80. The maximum Gasteiger partial charge on any atom is 0.435 e. The van der Waals surface area contributed by atoms with Crippen LogP contribution in [0.15, 0.2) is 24.3 Å². The van der Waals surface area contributed by atoms with E-state index in [4.69, 9.17) is 0 Å². The number of halogens is 3. The molecule has 0 aliphatic carbocycles. The van der Waals surface area contributed by atoms with Crippen molar-refractivity contribution in [1.82, 2.24) is 9.78 Å². The number of carbonyl (C=O) groups excluding carboxylic acids is 1. The Morgan fingerprint density at radius 2 is 2.17 bits per heavy atom. The van der Waals surface area contributed by atoms with Crippen molar-refractivity contribution in [2.45, 2.75) is 19.1 Å². The predicted molar refractivity (Wildman–Crippen MR) is 74.1 cm³/mol. The van der Waals surface area contributed by atoms with Gasteiger partial charge in [0, 0.05) is 6.42 Å². The topological polar surface area (TPSA) is 60.7 Å². The van der Waals surface area contributed by atoms with Crippen LogP contribution in [0.4, 0.5) is 13.2 Å². The lowest BCUT2D eigenvalue weighted by atomic mass is 10.1. The van der Waals surface area contributed by atoms with Gasteiger partial charge in [-0.1, -0.05) is 6.07 Å². The van der Waals surface area contributed by atoms with Crippen molar-refractivity contribution in [3.63, 3.8) is 0 Å². The maximum atomic E-state index is 13.2. The van der Waals surface area contributed by atoms with Crippen molar-refractivity contribution in [2.75, 3.05) is 13.7 Å². The van der Waals surface area contributed by atoms with Crippen molar-refractivity contribution < 1.29 is 28.0 Å². The molecule has 1 aromatic carbocycles. The van der Waals surface area contributed by atoms with Crippen LogP contribution in [-0.2, 0) is 23.9 Å². The number of ether oxygens (including phenoxy) is 1. The van der Waals surface area contributed by atoms with Crippen LogP contribution < -0.4 is 5.32 Å². The van der Waals surface area contributed by atoms with Gasteiger partial charge in [0.1, 0.15) is 6.54 Å². The van der Waals surface area contributed by atoms with Crippen LogP contribution in [0.1, 0.15) is 27.3 Å². The molecule has 2 heterocycles. The molecule has 0 radical (unpaired) electrons. The van der Waals surface area contributed by atoms with Gasteiger partial charge in [0.15, 0.2) is 5.69 Å². The Morgan fingerprint density at radius 1 is 1.39 bits per heavy atom. The van der Waals surface area contributed by atoms with Gasteiger partial charge in [-0.25, -0.2) is 9.48 Å². The lowest BCUT2D eigenvalue weighted by Crippen LogP contribution is -2.84. The highest BCUT2D eigenvalue weighted by Gasteiger charge is 2.40. The second-order valence-corrected chi connectivity index (χ2v) is 5.26. The monoisotopic (exact) mass is 326 g/mol. The summed E-state index contributed by atoms with van der Waals surface area (Å²) in [5, 5.41) is 5.61. The van der Waals surface area contributed by atoms with Gasteiger partial charge in [-0.2, -0.15) is 18.3 Å². The highest BCUT2D eigenvalue weighted by molar-refractivity contribution is 5.89. The van der Waals surface area contributed by atoms with Gasteiger partial charge in [-0.3, -0.25) is 0 Å². The molecule has 0 bridgehead atoms. The summed E-state index contributed by atoms with van der Waals surface area (Å²) >= 11 is 0. The number of hydrogen-bond donors (Lipinski definition) is 1. The van der Waals surface area contributed by atoms with Crippen molar-refractivity contribution in [3.8, 4) is 5.69 Å². The molecule has 0 atom stereocenters. The number of quaternary nitrogens is 1. The average Bonchev–Trinajstić information content (AvgIpc) is 2.94. The number of benzene rings is 1. The first-order valence-electron chi connectivity index (χ1n) is 7.10. The summed E-state index contributed by atoms with van der Waals surface area (Å²) in [7, 11) is 1.25. The largest absolute Gasteiger partial charge is 0.465 e. The molecule has 23 heavy (non-hydrogen) atoms. The molecule has 1 aromatic heterocycles. The van der Waals surface area contributed by atoms with E-state index in [1.807, 2.05) is 5.32 Å². The molecule has 0 saturated carbocycles. The molecule has 0 spiro atoms. The molecule has 0 amide bonds. The summed E-state index contributed by atoms with van der Waals surface area (Å²) in [5.41, 5.74) is 0.590. The average molecular weight is 326 g/mol. The molecule has 0 saturated heterocycles. The van der Waals surface area contributed by atoms with Gasteiger partial charge >= 0.3 is 12.1 Å². The van der Waals surface area contributed by atoms with Gasteiger partial charge in [0.05, 0.1) is 36.2 Å². The van der Waals surface area contributed by atoms with Crippen molar-refractivity contribution in [2.24, 2.45) is 0 Å². The minimum absolute atomic E-state index is 0.215. The van der Waals surface area contributed by atoms with Crippen LogP contribution in [0.25, 0.3) is 5.69 Å². The van der Waals surface area contributed by atoms with Crippen LogP contribution in [-0.4, -0.2) is 29.4 Å². The molecular weight excluding hydrogens is 311 g/mol. The number of hydrogen-bond acceptors (Lipinski definition) is 3. The molecule has 122 valence electrons. The first-order valence-corrected chi connectivity index (χ1v) is 7.10. The fraction of sp³-hybridized carbons (Fsp3) is 0.333. The van der Waals surface area contributed by atoms with E-state index < -0.39 is 17.8 Å². The highest BCUT2D eigenvalue weighted by Crippen LogP contribution is 2.34. The molecule has 5 nitrogen and oxygen atoms in total. The number of fused-ring (bicyclic) bond motifs is 1. The quantitative estimate of drug-likeness (QED) is 0.846. The van der Waals surface area contributed by atoms with Crippen LogP contribution in [0.5, 0.6) is 0 Å². The molecule has 0 fully saturated rings. The predicted octanol–water partition coefficient (Wildman–Crippen LogP) is 1.30. The smallest absolute Gasteiger partial charge is 0.435 e. The molecule has 8 heteroatoms. The van der Waals surface area contributed by atoms with Gasteiger partial charge in [0.2, 0.25) is 0 Å². The van der Waals surface area contributed by atoms with E-state index in [0.29, 0.717) is 24.3 Å².